The molecule has 1 N–H and O–H groups in total. The maximum Gasteiger partial charge on any atom is 0.357 e. The number of aromatic nitrogens is 6. The molecule has 136 valence electrons. The van der Waals surface area contributed by atoms with Crippen molar-refractivity contribution in [3.8, 4) is 16.9 Å². The average molecular weight is 364 g/mol. The Labute approximate surface area is 153 Å². The second-order valence-corrected chi connectivity index (χ2v) is 6.22. The molecule has 0 saturated carbocycles. The van der Waals surface area contributed by atoms with Crippen molar-refractivity contribution in [2.24, 2.45) is 14.1 Å². The van der Waals surface area contributed by atoms with E-state index in [4.69, 9.17) is 0 Å². The van der Waals surface area contributed by atoms with Gasteiger partial charge in [-0.2, -0.15) is 10.2 Å². The molecule has 0 unspecified atom stereocenters. The third kappa shape index (κ3) is 2.51. The molecule has 27 heavy (non-hydrogen) atoms. The third-order valence-electron chi connectivity index (χ3n) is 4.61. The van der Waals surface area contributed by atoms with Crippen molar-refractivity contribution in [3.63, 3.8) is 0 Å². The fourth-order valence-electron chi connectivity index (χ4n) is 3.20. The lowest BCUT2D eigenvalue weighted by atomic mass is 9.99. The third-order valence-corrected chi connectivity index (χ3v) is 4.61. The van der Waals surface area contributed by atoms with E-state index in [1.165, 1.54) is 15.6 Å². The molecule has 0 amide bonds. The van der Waals surface area contributed by atoms with Crippen LogP contribution in [0.1, 0.15) is 16.1 Å². The number of aromatic carboxylic acids is 1. The predicted octanol–water partition coefficient (Wildman–Crippen LogP) is 1.53. The molecule has 0 atom stereocenters. The van der Waals surface area contributed by atoms with Gasteiger partial charge in [0, 0.05) is 25.0 Å². The quantitative estimate of drug-likeness (QED) is 0.591. The first-order valence-electron chi connectivity index (χ1n) is 8.15. The van der Waals surface area contributed by atoms with Gasteiger partial charge in [0.2, 0.25) is 0 Å². The number of carboxylic acids is 1. The lowest BCUT2D eigenvalue weighted by Crippen LogP contribution is -2.21. The van der Waals surface area contributed by atoms with Crippen LogP contribution in [0, 0.1) is 6.92 Å². The molecule has 0 aliphatic carbocycles. The summed E-state index contributed by atoms with van der Waals surface area (Å²) in [5, 5.41) is 18.1. The summed E-state index contributed by atoms with van der Waals surface area (Å²) in [6.07, 6.45) is 3.02. The van der Waals surface area contributed by atoms with E-state index in [9.17, 15) is 14.7 Å². The summed E-state index contributed by atoms with van der Waals surface area (Å²) in [4.78, 5) is 28.0. The minimum Gasteiger partial charge on any atom is -0.476 e. The van der Waals surface area contributed by atoms with Crippen molar-refractivity contribution in [1.82, 2.24) is 29.1 Å². The highest BCUT2D eigenvalue weighted by atomic mass is 16.4. The Morgan fingerprint density at radius 2 is 1.89 bits per heavy atom. The highest BCUT2D eigenvalue weighted by Crippen LogP contribution is 2.30. The summed E-state index contributed by atoms with van der Waals surface area (Å²) in [6.45, 7) is 1.85. The largest absolute Gasteiger partial charge is 0.476 e. The second-order valence-electron chi connectivity index (χ2n) is 6.22. The van der Waals surface area contributed by atoms with Gasteiger partial charge in [-0.15, -0.1) is 0 Å². The summed E-state index contributed by atoms with van der Waals surface area (Å²) in [5.41, 5.74) is 3.37. The Morgan fingerprint density at radius 3 is 2.48 bits per heavy atom. The fourth-order valence-corrected chi connectivity index (χ4v) is 3.20. The van der Waals surface area contributed by atoms with E-state index < -0.39 is 5.97 Å². The molecule has 3 aromatic heterocycles. The number of carbonyl (C=O) groups is 1. The average Bonchev–Trinajstić information content (AvgIpc) is 3.17. The number of rotatable bonds is 3. The second kappa shape index (κ2) is 5.90. The molecule has 0 saturated heterocycles. The van der Waals surface area contributed by atoms with Crippen molar-refractivity contribution in [2.45, 2.75) is 6.92 Å². The van der Waals surface area contributed by atoms with Crippen LogP contribution in [0.4, 0.5) is 0 Å². The molecule has 3 heterocycles. The summed E-state index contributed by atoms with van der Waals surface area (Å²) in [7, 11) is 3.29. The summed E-state index contributed by atoms with van der Waals surface area (Å²) < 4.78 is 4.19. The monoisotopic (exact) mass is 364 g/mol. The van der Waals surface area contributed by atoms with Gasteiger partial charge in [-0.25, -0.2) is 18.8 Å². The molecule has 0 aliphatic heterocycles. The molecule has 0 spiro atoms. The van der Waals surface area contributed by atoms with Gasteiger partial charge in [0.05, 0.1) is 23.1 Å². The van der Waals surface area contributed by atoms with Crippen LogP contribution < -0.4 is 5.69 Å². The summed E-state index contributed by atoms with van der Waals surface area (Å²) >= 11 is 0. The Kier molecular flexibility index (Phi) is 3.65. The highest BCUT2D eigenvalue weighted by Gasteiger charge is 2.19. The predicted molar refractivity (Wildman–Crippen MR) is 98.0 cm³/mol. The number of hydrogen-bond donors (Lipinski definition) is 1. The van der Waals surface area contributed by atoms with E-state index in [0.29, 0.717) is 16.8 Å². The zero-order valence-corrected chi connectivity index (χ0v) is 14.9. The number of nitrogens with zero attached hydrogens (tertiary/aromatic N) is 6. The number of pyridine rings is 1. The van der Waals surface area contributed by atoms with Crippen molar-refractivity contribution in [3.05, 3.63) is 58.5 Å². The minimum atomic E-state index is -1.07. The lowest BCUT2D eigenvalue weighted by Gasteiger charge is -2.08. The van der Waals surface area contributed by atoms with E-state index in [0.717, 1.165) is 16.6 Å². The van der Waals surface area contributed by atoms with Crippen LogP contribution in [-0.4, -0.2) is 40.2 Å². The van der Waals surface area contributed by atoms with Gasteiger partial charge in [0.15, 0.2) is 5.69 Å². The molecule has 0 aliphatic rings. The zero-order valence-electron chi connectivity index (χ0n) is 14.9. The normalized spacial score (nSPS) is 11.2. The Morgan fingerprint density at radius 1 is 1.11 bits per heavy atom. The molecule has 9 heteroatoms. The first-order chi connectivity index (χ1) is 12.9. The number of fused-ring (bicyclic) bond motifs is 1. The topological polar surface area (TPSA) is 108 Å². The van der Waals surface area contributed by atoms with Crippen molar-refractivity contribution < 1.29 is 9.90 Å². The van der Waals surface area contributed by atoms with Crippen LogP contribution in [0.15, 0.2) is 41.6 Å². The molecule has 9 nitrogen and oxygen atoms in total. The Bertz CT molecular complexity index is 1250. The maximum atomic E-state index is 12.0. The van der Waals surface area contributed by atoms with Gasteiger partial charge in [-0.3, -0.25) is 9.67 Å². The molecule has 0 bridgehead atoms. The Balaban J connectivity index is 1.84. The first kappa shape index (κ1) is 16.7. The number of carboxylic acid groups (broad SMARTS) is 1. The summed E-state index contributed by atoms with van der Waals surface area (Å²) in [6, 6.07) is 7.29. The maximum absolute atomic E-state index is 12.0. The van der Waals surface area contributed by atoms with Gasteiger partial charge in [0.25, 0.3) is 0 Å². The number of aryl methyl sites for hydroxylation is 3. The van der Waals surface area contributed by atoms with Gasteiger partial charge in [-0.05, 0) is 30.7 Å². The first-order valence-corrected chi connectivity index (χ1v) is 8.15. The Hall–Kier alpha value is -3.75. The molecule has 0 fully saturated rings. The van der Waals surface area contributed by atoms with E-state index in [1.807, 2.05) is 19.1 Å². The standard InChI is InChI=1S/C18H16N6O3/c1-10-12(5-7-14-15(10)16(17(25)26)21-22(14)2)13-6-4-11(8-19-13)24-9-20-23(3)18(24)27/h4-9H,1-3H3,(H,25,26). The minimum absolute atomic E-state index is 0.0189. The SMILES string of the molecule is Cc1c(-c2ccc(-n3cnn(C)c3=O)cn2)ccc2c1c(C(=O)O)nn2C. The molecule has 0 radical (unpaired) electrons. The number of hydrogen-bond acceptors (Lipinski definition) is 5. The lowest BCUT2D eigenvalue weighted by molar-refractivity contribution is 0.0691. The molecule has 1 aromatic carbocycles. The van der Waals surface area contributed by atoms with Crippen LogP contribution in [0.5, 0.6) is 0 Å². The van der Waals surface area contributed by atoms with E-state index in [1.54, 1.807) is 37.1 Å². The van der Waals surface area contributed by atoms with E-state index in [-0.39, 0.29) is 11.4 Å². The molecule has 4 aromatic rings. The van der Waals surface area contributed by atoms with Crippen LogP contribution in [0.2, 0.25) is 0 Å². The van der Waals surface area contributed by atoms with Crippen molar-refractivity contribution in [2.75, 3.05) is 0 Å². The zero-order chi connectivity index (χ0) is 19.3. The summed E-state index contributed by atoms with van der Waals surface area (Å²) in [5.74, 6) is -1.07. The number of benzene rings is 1. The van der Waals surface area contributed by atoms with E-state index in [2.05, 4.69) is 15.2 Å². The van der Waals surface area contributed by atoms with Gasteiger partial charge in [0.1, 0.15) is 6.33 Å². The van der Waals surface area contributed by atoms with Gasteiger partial charge < -0.3 is 5.11 Å². The van der Waals surface area contributed by atoms with Crippen molar-refractivity contribution >= 4 is 16.9 Å². The van der Waals surface area contributed by atoms with Gasteiger partial charge >= 0.3 is 11.7 Å². The molecular weight excluding hydrogens is 348 g/mol. The van der Waals surface area contributed by atoms with Crippen LogP contribution in [0.3, 0.4) is 0 Å². The highest BCUT2D eigenvalue weighted by molar-refractivity contribution is 6.04. The van der Waals surface area contributed by atoms with Crippen LogP contribution in [-0.2, 0) is 14.1 Å². The fraction of sp³-hybridized carbons (Fsp3) is 0.167. The van der Waals surface area contributed by atoms with E-state index >= 15 is 0 Å². The van der Waals surface area contributed by atoms with Crippen LogP contribution >= 0.6 is 0 Å². The molecule has 4 rings (SSSR count). The smallest absolute Gasteiger partial charge is 0.357 e. The molecular formula is C18H16N6O3. The van der Waals surface area contributed by atoms with Crippen LogP contribution in [0.25, 0.3) is 27.8 Å². The van der Waals surface area contributed by atoms with Crippen molar-refractivity contribution in [1.29, 1.82) is 0 Å². The van der Waals surface area contributed by atoms with Gasteiger partial charge in [-0.1, -0.05) is 6.07 Å².